The first-order valence-electron chi connectivity index (χ1n) is 9.40. The van der Waals surface area contributed by atoms with Gasteiger partial charge in [0, 0.05) is 6.04 Å². The maximum atomic E-state index is 12.2. The van der Waals surface area contributed by atoms with Crippen LogP contribution in [-0.4, -0.2) is 11.9 Å². The number of benzene rings is 3. The highest BCUT2D eigenvalue weighted by atomic mass is 127. The molecule has 0 aliphatic carbocycles. The number of amides is 1. The van der Waals surface area contributed by atoms with Crippen molar-refractivity contribution in [3.05, 3.63) is 78.4 Å². The number of rotatable bonds is 6. The molecule has 4 nitrogen and oxygen atoms in total. The van der Waals surface area contributed by atoms with E-state index in [9.17, 15) is 10.1 Å². The SMILES string of the molecule is CC(C)NC(=O)/C(C#N)=C\c1cc(I)c(OCc2cccc3ccccc23)c(I)c1. The third-order valence-electron chi connectivity index (χ3n) is 4.37. The molecule has 152 valence electrons. The number of ether oxygens (including phenoxy) is 1. The van der Waals surface area contributed by atoms with Crippen LogP contribution in [0.1, 0.15) is 25.0 Å². The third-order valence-corrected chi connectivity index (χ3v) is 5.97. The number of halogens is 2. The van der Waals surface area contributed by atoms with Crippen molar-refractivity contribution in [3.8, 4) is 11.8 Å². The van der Waals surface area contributed by atoms with Gasteiger partial charge >= 0.3 is 0 Å². The summed E-state index contributed by atoms with van der Waals surface area (Å²) < 4.78 is 8.02. The first kappa shape index (κ1) is 22.6. The highest BCUT2D eigenvalue weighted by molar-refractivity contribution is 14.1. The van der Waals surface area contributed by atoms with E-state index in [1.54, 1.807) is 6.08 Å². The minimum absolute atomic E-state index is 0.0284. The van der Waals surface area contributed by atoms with Crippen molar-refractivity contribution in [2.45, 2.75) is 26.5 Å². The summed E-state index contributed by atoms with van der Waals surface area (Å²) in [4.78, 5) is 12.2. The van der Waals surface area contributed by atoms with Gasteiger partial charge in [-0.15, -0.1) is 0 Å². The second kappa shape index (κ2) is 10.3. The van der Waals surface area contributed by atoms with E-state index >= 15 is 0 Å². The molecule has 0 saturated heterocycles. The van der Waals surface area contributed by atoms with E-state index in [2.05, 4.69) is 74.8 Å². The maximum absolute atomic E-state index is 12.2. The second-order valence-electron chi connectivity index (χ2n) is 7.04. The Hall–Kier alpha value is -2.12. The Morgan fingerprint density at radius 3 is 2.47 bits per heavy atom. The molecule has 0 heterocycles. The predicted octanol–water partition coefficient (Wildman–Crippen LogP) is 6.06. The van der Waals surface area contributed by atoms with Crippen LogP contribution in [0.15, 0.2) is 60.2 Å². The van der Waals surface area contributed by atoms with Crippen molar-refractivity contribution in [1.82, 2.24) is 5.32 Å². The van der Waals surface area contributed by atoms with Gasteiger partial charge in [-0.25, -0.2) is 0 Å². The molecule has 0 aromatic heterocycles. The van der Waals surface area contributed by atoms with Gasteiger partial charge in [0.05, 0.1) is 7.14 Å². The lowest BCUT2D eigenvalue weighted by atomic mass is 10.1. The van der Waals surface area contributed by atoms with E-state index in [1.807, 2.05) is 50.2 Å². The minimum Gasteiger partial charge on any atom is -0.487 e. The van der Waals surface area contributed by atoms with Gasteiger partial charge in [-0.3, -0.25) is 4.79 Å². The van der Waals surface area contributed by atoms with Crippen molar-refractivity contribution in [2.24, 2.45) is 0 Å². The van der Waals surface area contributed by atoms with Crippen LogP contribution in [0, 0.1) is 18.5 Å². The molecular formula is C24H20I2N2O2. The number of fused-ring (bicyclic) bond motifs is 1. The zero-order valence-electron chi connectivity index (χ0n) is 16.6. The fourth-order valence-electron chi connectivity index (χ4n) is 3.02. The fraction of sp³-hybridized carbons (Fsp3) is 0.167. The standard InChI is InChI=1S/C24H20I2N2O2/c1-15(2)28-24(29)19(13-27)10-16-11-21(25)23(22(26)12-16)30-14-18-8-5-7-17-6-3-4-9-20(17)18/h3-12,15H,14H2,1-2H3,(H,28,29)/b19-10-. The Bertz CT molecular complexity index is 1140. The molecule has 1 N–H and O–H groups in total. The van der Waals surface area contributed by atoms with Crippen LogP contribution in [0.2, 0.25) is 0 Å². The van der Waals surface area contributed by atoms with E-state index in [0.29, 0.717) is 6.61 Å². The fourth-order valence-corrected chi connectivity index (χ4v) is 5.15. The lowest BCUT2D eigenvalue weighted by Crippen LogP contribution is -2.30. The van der Waals surface area contributed by atoms with Gasteiger partial charge < -0.3 is 10.1 Å². The Kier molecular flexibility index (Phi) is 7.72. The monoisotopic (exact) mass is 622 g/mol. The summed E-state index contributed by atoms with van der Waals surface area (Å²) >= 11 is 4.45. The molecule has 3 rings (SSSR count). The normalized spacial score (nSPS) is 11.4. The molecule has 0 unspecified atom stereocenters. The lowest BCUT2D eigenvalue weighted by Gasteiger charge is -2.13. The van der Waals surface area contributed by atoms with Crippen LogP contribution in [-0.2, 0) is 11.4 Å². The summed E-state index contributed by atoms with van der Waals surface area (Å²) in [7, 11) is 0. The smallest absolute Gasteiger partial charge is 0.262 e. The molecule has 6 heteroatoms. The number of nitrogens with one attached hydrogen (secondary N) is 1. The Balaban J connectivity index is 1.83. The van der Waals surface area contributed by atoms with Gasteiger partial charge in [0.1, 0.15) is 24.0 Å². The number of nitriles is 1. The molecule has 1 amide bonds. The molecule has 3 aromatic rings. The zero-order chi connectivity index (χ0) is 21.7. The molecule has 0 radical (unpaired) electrons. The van der Waals surface area contributed by atoms with Gasteiger partial charge in [-0.2, -0.15) is 5.26 Å². The van der Waals surface area contributed by atoms with E-state index in [-0.39, 0.29) is 17.5 Å². The number of carbonyl (C=O) groups excluding carboxylic acids is 1. The van der Waals surface area contributed by atoms with Crippen LogP contribution in [0.5, 0.6) is 5.75 Å². The van der Waals surface area contributed by atoms with Gasteiger partial charge in [-0.1, -0.05) is 42.5 Å². The van der Waals surface area contributed by atoms with Crippen LogP contribution in [0.3, 0.4) is 0 Å². The molecule has 3 aromatic carbocycles. The molecule has 0 atom stereocenters. The van der Waals surface area contributed by atoms with Gasteiger partial charge in [0.2, 0.25) is 0 Å². The van der Waals surface area contributed by atoms with E-state index in [0.717, 1.165) is 24.0 Å². The highest BCUT2D eigenvalue weighted by Crippen LogP contribution is 2.31. The molecule has 0 bridgehead atoms. The summed E-state index contributed by atoms with van der Waals surface area (Å²) in [5, 5.41) is 14.5. The molecule has 0 aliphatic rings. The average molecular weight is 622 g/mol. The zero-order valence-corrected chi connectivity index (χ0v) is 20.9. The number of nitrogens with zero attached hydrogens (tertiary/aromatic N) is 1. The number of carbonyl (C=O) groups is 1. The predicted molar refractivity (Wildman–Crippen MR) is 137 cm³/mol. The lowest BCUT2D eigenvalue weighted by molar-refractivity contribution is -0.117. The van der Waals surface area contributed by atoms with E-state index in [4.69, 9.17) is 4.74 Å². The molecule has 30 heavy (non-hydrogen) atoms. The molecule has 0 fully saturated rings. The van der Waals surface area contributed by atoms with Crippen molar-refractivity contribution < 1.29 is 9.53 Å². The maximum Gasteiger partial charge on any atom is 0.262 e. The topological polar surface area (TPSA) is 62.1 Å². The summed E-state index contributed by atoms with van der Waals surface area (Å²) in [6, 6.07) is 20.3. The Morgan fingerprint density at radius 1 is 1.13 bits per heavy atom. The number of hydrogen-bond donors (Lipinski definition) is 1. The van der Waals surface area contributed by atoms with Crippen molar-refractivity contribution in [3.63, 3.8) is 0 Å². The van der Waals surface area contributed by atoms with Crippen molar-refractivity contribution in [1.29, 1.82) is 5.26 Å². The largest absolute Gasteiger partial charge is 0.487 e. The average Bonchev–Trinajstić information content (AvgIpc) is 2.71. The third kappa shape index (κ3) is 5.52. The van der Waals surface area contributed by atoms with Crippen LogP contribution in [0.25, 0.3) is 16.8 Å². The first-order valence-corrected chi connectivity index (χ1v) is 11.6. The molecular weight excluding hydrogens is 602 g/mol. The Labute approximate surface area is 203 Å². The molecule has 0 aliphatic heterocycles. The van der Waals surface area contributed by atoms with Gasteiger partial charge in [0.15, 0.2) is 0 Å². The van der Waals surface area contributed by atoms with E-state index in [1.165, 1.54) is 10.8 Å². The molecule has 0 spiro atoms. The van der Waals surface area contributed by atoms with Crippen molar-refractivity contribution in [2.75, 3.05) is 0 Å². The summed E-state index contributed by atoms with van der Waals surface area (Å²) in [6.07, 6.45) is 1.61. The quantitative estimate of drug-likeness (QED) is 0.207. The van der Waals surface area contributed by atoms with Gasteiger partial charge in [-0.05, 0) is 99.1 Å². The van der Waals surface area contributed by atoms with Crippen LogP contribution >= 0.6 is 45.2 Å². The minimum atomic E-state index is -0.367. The summed E-state index contributed by atoms with van der Waals surface area (Å²) in [5.74, 6) is 0.431. The molecule has 0 saturated carbocycles. The van der Waals surface area contributed by atoms with Crippen LogP contribution in [0.4, 0.5) is 0 Å². The number of hydrogen-bond acceptors (Lipinski definition) is 3. The first-order chi connectivity index (χ1) is 14.4. The van der Waals surface area contributed by atoms with E-state index < -0.39 is 0 Å². The Morgan fingerprint density at radius 2 is 1.80 bits per heavy atom. The van der Waals surface area contributed by atoms with Gasteiger partial charge in [0.25, 0.3) is 5.91 Å². The van der Waals surface area contributed by atoms with Crippen molar-refractivity contribution >= 4 is 67.9 Å². The second-order valence-corrected chi connectivity index (χ2v) is 9.36. The van der Waals surface area contributed by atoms with Crippen LogP contribution < -0.4 is 10.1 Å². The summed E-state index contributed by atoms with van der Waals surface area (Å²) in [6.45, 7) is 4.18. The highest BCUT2D eigenvalue weighted by Gasteiger charge is 2.13. The summed E-state index contributed by atoms with van der Waals surface area (Å²) in [5.41, 5.74) is 2.00.